The van der Waals surface area contributed by atoms with Crippen LogP contribution in [0.2, 0.25) is 0 Å². The summed E-state index contributed by atoms with van der Waals surface area (Å²) < 4.78 is 46.0. The van der Waals surface area contributed by atoms with Gasteiger partial charge in [0, 0.05) is 37.9 Å². The molecule has 0 aliphatic carbocycles. The number of alkyl halides is 3. The molecule has 0 unspecified atom stereocenters. The normalized spacial score (nSPS) is 16.4. The van der Waals surface area contributed by atoms with Crippen molar-refractivity contribution in [2.45, 2.75) is 38.0 Å². The van der Waals surface area contributed by atoms with Crippen LogP contribution in [0.4, 0.5) is 23.0 Å². The van der Waals surface area contributed by atoms with Gasteiger partial charge in [-0.15, -0.1) is 0 Å². The summed E-state index contributed by atoms with van der Waals surface area (Å²) in [5.74, 6) is -0.212. The van der Waals surface area contributed by atoms with Crippen LogP contribution in [0.5, 0.6) is 5.75 Å². The van der Waals surface area contributed by atoms with Crippen LogP contribution in [-0.2, 0) is 6.18 Å². The first-order valence-corrected chi connectivity index (χ1v) is 13.0. The Bertz CT molecular complexity index is 1540. The number of urea groups is 1. The topological polar surface area (TPSA) is 124 Å². The number of Topliss-reactive ketones (excluding diaryl/α,β-unsaturated/α-hetero) is 1. The summed E-state index contributed by atoms with van der Waals surface area (Å²) in [6, 6.07) is 8.09. The van der Waals surface area contributed by atoms with Crippen molar-refractivity contribution < 1.29 is 32.3 Å². The van der Waals surface area contributed by atoms with E-state index in [0.717, 1.165) is 17.4 Å². The number of carbonyl (C=O) groups excluding carboxylic acids is 3. The zero-order valence-electron chi connectivity index (χ0n) is 20.6. The van der Waals surface area contributed by atoms with Crippen molar-refractivity contribution in [3.05, 3.63) is 52.7 Å². The number of fused-ring (bicyclic) bond motifs is 2. The minimum atomic E-state index is -4.66. The molecule has 202 valence electrons. The molecule has 1 aromatic carbocycles. The fourth-order valence-electron chi connectivity index (χ4n) is 4.86. The number of hydrogen-bond acceptors (Lipinski definition) is 7. The summed E-state index contributed by atoms with van der Waals surface area (Å²) in [4.78, 5) is 44.0. The van der Waals surface area contributed by atoms with E-state index >= 15 is 0 Å². The summed E-state index contributed by atoms with van der Waals surface area (Å²) in [7, 11) is 0. The molecule has 13 heteroatoms. The predicted molar refractivity (Wildman–Crippen MR) is 136 cm³/mol. The molecule has 39 heavy (non-hydrogen) atoms. The molecule has 0 saturated carbocycles. The maximum absolute atomic E-state index is 13.7. The summed E-state index contributed by atoms with van der Waals surface area (Å²) in [5, 5.41) is 14.5. The van der Waals surface area contributed by atoms with E-state index in [9.17, 15) is 27.6 Å². The highest BCUT2D eigenvalue weighted by Gasteiger charge is 2.44. The fraction of sp³-hybridized carbons (Fsp3) is 0.346. The number of ketones is 1. The third kappa shape index (κ3) is 4.99. The van der Waals surface area contributed by atoms with Crippen LogP contribution < -0.4 is 15.4 Å². The van der Waals surface area contributed by atoms with Crippen LogP contribution >= 0.6 is 11.3 Å². The van der Waals surface area contributed by atoms with Crippen LogP contribution in [0.25, 0.3) is 10.2 Å². The molecule has 1 saturated heterocycles. The van der Waals surface area contributed by atoms with E-state index in [1.165, 1.54) is 17.0 Å². The number of likely N-dealkylation sites (tertiary alicyclic amines) is 1. The minimum absolute atomic E-state index is 0.0250. The number of nitriles is 1. The molecular formula is C26H22F3N5O4S. The molecule has 0 bridgehead atoms. The van der Waals surface area contributed by atoms with Crippen molar-refractivity contribution in [1.82, 2.24) is 15.2 Å². The average Bonchev–Trinajstić information content (AvgIpc) is 3.25. The Morgan fingerprint density at radius 3 is 2.64 bits per heavy atom. The Kier molecular flexibility index (Phi) is 6.67. The molecule has 0 atom stereocenters. The Labute approximate surface area is 224 Å². The van der Waals surface area contributed by atoms with Gasteiger partial charge in [0.15, 0.2) is 5.78 Å². The van der Waals surface area contributed by atoms with Crippen molar-refractivity contribution in [2.24, 2.45) is 0 Å². The van der Waals surface area contributed by atoms with Gasteiger partial charge in [-0.05, 0) is 37.3 Å². The van der Waals surface area contributed by atoms with E-state index in [2.05, 4.69) is 15.6 Å². The first-order valence-electron chi connectivity index (χ1n) is 12.1. The number of carbonyl (C=O) groups is 3. The first kappa shape index (κ1) is 26.4. The van der Waals surface area contributed by atoms with Gasteiger partial charge >= 0.3 is 12.2 Å². The number of rotatable bonds is 3. The van der Waals surface area contributed by atoms with Gasteiger partial charge in [0.1, 0.15) is 26.9 Å². The van der Waals surface area contributed by atoms with Gasteiger partial charge in [-0.25, -0.2) is 9.78 Å². The summed E-state index contributed by atoms with van der Waals surface area (Å²) in [5.41, 5.74) is -1.13. The molecule has 3 aromatic rings. The van der Waals surface area contributed by atoms with Gasteiger partial charge in [-0.1, -0.05) is 11.3 Å². The van der Waals surface area contributed by atoms with Gasteiger partial charge in [-0.3, -0.25) is 14.9 Å². The fourth-order valence-corrected chi connectivity index (χ4v) is 5.92. The standard InChI is InChI=1S/C26H22F3N5O4S/c1-2-31-24(37)33-22-20(15-4-6-19(26(27,28)29)32-21(15)39-22)23(36)34-9-7-25(8-10-34)12-17(35)16-11-14(13-30)3-5-18(16)38-25/h3-6,11H,2,7-10,12H2,1H3,(H2,31,33,37). The second-order valence-electron chi connectivity index (χ2n) is 9.34. The SMILES string of the molecule is CCNC(=O)Nc1sc2nc(C(F)(F)F)ccc2c1C(=O)N1CCC2(CC1)CC(=O)c1cc(C#N)ccc1O2. The molecule has 1 spiro atoms. The number of anilines is 1. The lowest BCUT2D eigenvalue weighted by Gasteiger charge is -2.44. The van der Waals surface area contributed by atoms with Crippen molar-refractivity contribution in [1.29, 1.82) is 5.26 Å². The first-order chi connectivity index (χ1) is 18.5. The molecule has 0 radical (unpaired) electrons. The summed E-state index contributed by atoms with van der Waals surface area (Å²) in [6.07, 6.45) is -3.86. The summed E-state index contributed by atoms with van der Waals surface area (Å²) in [6.45, 7) is 2.47. The largest absolute Gasteiger partial charge is 0.486 e. The van der Waals surface area contributed by atoms with Crippen molar-refractivity contribution >= 4 is 44.3 Å². The third-order valence-corrected chi connectivity index (χ3v) is 7.82. The third-order valence-electron chi connectivity index (χ3n) is 6.80. The number of nitrogens with one attached hydrogen (secondary N) is 2. The zero-order chi connectivity index (χ0) is 27.9. The summed E-state index contributed by atoms with van der Waals surface area (Å²) >= 11 is 0.795. The highest BCUT2D eigenvalue weighted by atomic mass is 32.1. The highest BCUT2D eigenvalue weighted by Crippen LogP contribution is 2.42. The number of benzene rings is 1. The molecule has 2 N–H and O–H groups in total. The number of amides is 3. The van der Waals surface area contributed by atoms with E-state index in [0.29, 0.717) is 36.3 Å². The lowest BCUT2D eigenvalue weighted by atomic mass is 9.82. The van der Waals surface area contributed by atoms with E-state index < -0.39 is 29.4 Å². The van der Waals surface area contributed by atoms with Crippen molar-refractivity contribution in [3.63, 3.8) is 0 Å². The van der Waals surface area contributed by atoms with Gasteiger partial charge in [-0.2, -0.15) is 18.4 Å². The number of hydrogen-bond donors (Lipinski definition) is 2. The van der Waals surface area contributed by atoms with Gasteiger partial charge in [0.05, 0.1) is 29.2 Å². The molecule has 1 fully saturated rings. The molecule has 2 aliphatic heterocycles. The van der Waals surface area contributed by atoms with Crippen LogP contribution in [0.1, 0.15) is 58.2 Å². The van der Waals surface area contributed by atoms with E-state index in [-0.39, 0.29) is 46.1 Å². The van der Waals surface area contributed by atoms with Gasteiger partial charge < -0.3 is 15.0 Å². The van der Waals surface area contributed by atoms with Crippen LogP contribution in [0, 0.1) is 11.3 Å². The predicted octanol–water partition coefficient (Wildman–Crippen LogP) is 4.97. The van der Waals surface area contributed by atoms with Crippen LogP contribution in [-0.4, -0.2) is 52.8 Å². The minimum Gasteiger partial charge on any atom is -0.486 e. The number of ether oxygens (including phenoxy) is 1. The van der Waals surface area contributed by atoms with E-state index in [4.69, 9.17) is 10.00 Å². The highest BCUT2D eigenvalue weighted by molar-refractivity contribution is 7.23. The smallest absolute Gasteiger partial charge is 0.433 e. The lowest BCUT2D eigenvalue weighted by molar-refractivity contribution is -0.140. The molecule has 5 rings (SSSR count). The Morgan fingerprint density at radius 1 is 1.23 bits per heavy atom. The van der Waals surface area contributed by atoms with Gasteiger partial charge in [0.2, 0.25) is 0 Å². The number of pyridine rings is 1. The van der Waals surface area contributed by atoms with Crippen LogP contribution in [0.15, 0.2) is 30.3 Å². The molecule has 9 nitrogen and oxygen atoms in total. The maximum atomic E-state index is 13.7. The number of halogens is 3. The number of piperidine rings is 1. The van der Waals surface area contributed by atoms with E-state index in [1.54, 1.807) is 19.1 Å². The van der Waals surface area contributed by atoms with Crippen molar-refractivity contribution in [3.8, 4) is 11.8 Å². The average molecular weight is 558 g/mol. The monoisotopic (exact) mass is 557 g/mol. The number of nitrogens with zero attached hydrogens (tertiary/aromatic N) is 3. The molecule has 2 aromatic heterocycles. The van der Waals surface area contributed by atoms with Gasteiger partial charge in [0.25, 0.3) is 5.91 Å². The Balaban J connectivity index is 1.41. The zero-order valence-corrected chi connectivity index (χ0v) is 21.5. The number of thiophene rings is 1. The van der Waals surface area contributed by atoms with Crippen molar-refractivity contribution in [2.75, 3.05) is 25.0 Å². The maximum Gasteiger partial charge on any atom is 0.433 e. The Hall–Kier alpha value is -4.18. The Morgan fingerprint density at radius 2 is 1.97 bits per heavy atom. The second-order valence-corrected chi connectivity index (χ2v) is 10.3. The number of aromatic nitrogens is 1. The van der Waals surface area contributed by atoms with Crippen LogP contribution in [0.3, 0.4) is 0 Å². The lowest BCUT2D eigenvalue weighted by Crippen LogP contribution is -2.52. The van der Waals surface area contributed by atoms with E-state index in [1.807, 2.05) is 6.07 Å². The quantitative estimate of drug-likeness (QED) is 0.469. The molecule has 3 amide bonds. The second kappa shape index (κ2) is 9.85. The molecule has 4 heterocycles. The molecule has 2 aliphatic rings. The molecular weight excluding hydrogens is 535 g/mol.